The van der Waals surface area contributed by atoms with E-state index in [1.165, 1.54) is 4.90 Å². The highest BCUT2D eigenvalue weighted by Gasteiger charge is 2.25. The molecule has 0 aliphatic carbocycles. The highest BCUT2D eigenvalue weighted by Crippen LogP contribution is 2.12. The summed E-state index contributed by atoms with van der Waals surface area (Å²) in [5, 5.41) is 0. The summed E-state index contributed by atoms with van der Waals surface area (Å²) in [7, 11) is 1.95. The minimum Gasteiger partial charge on any atom is -0.353 e. The van der Waals surface area contributed by atoms with Crippen LogP contribution in [-0.2, 0) is 23.2 Å². The summed E-state index contributed by atoms with van der Waals surface area (Å²) in [6.45, 7) is 7.80. The molecule has 2 amide bonds. The fraction of sp³-hybridized carbons (Fsp3) is 0.667. The fourth-order valence-electron chi connectivity index (χ4n) is 2.57. The van der Waals surface area contributed by atoms with Crippen LogP contribution in [0.5, 0.6) is 0 Å². The van der Waals surface area contributed by atoms with E-state index >= 15 is 0 Å². The molecule has 0 atom stereocenters. The molecular weight excluding hydrogens is 361 g/mol. The van der Waals surface area contributed by atoms with Crippen LogP contribution in [0.15, 0.2) is 18.3 Å². The summed E-state index contributed by atoms with van der Waals surface area (Å²) in [5.41, 5.74) is 1.05. The lowest BCUT2D eigenvalue weighted by atomic mass is 10.2. The Morgan fingerprint density at radius 3 is 2.40 bits per heavy atom. The van der Waals surface area contributed by atoms with E-state index in [2.05, 4.69) is 13.8 Å². The Morgan fingerprint density at radius 2 is 1.92 bits per heavy atom. The molecule has 1 aromatic heterocycles. The number of carbonyl (C=O) groups is 2. The molecule has 0 bridgehead atoms. The minimum atomic E-state index is -1.14. The molecule has 142 valence electrons. The van der Waals surface area contributed by atoms with Gasteiger partial charge in [0.15, 0.2) is 4.84 Å². The molecule has 0 aliphatic rings. The number of nitrogens with zero attached hydrogens (tertiary/aromatic N) is 3. The van der Waals surface area contributed by atoms with Crippen molar-refractivity contribution in [2.24, 2.45) is 13.0 Å². The quantitative estimate of drug-likeness (QED) is 0.575. The van der Waals surface area contributed by atoms with Crippen LogP contribution >= 0.6 is 23.2 Å². The number of hydrogen-bond donors (Lipinski definition) is 0. The van der Waals surface area contributed by atoms with Crippen LogP contribution in [0.1, 0.15) is 39.3 Å². The predicted octanol–water partition coefficient (Wildman–Crippen LogP) is 3.44. The fourth-order valence-corrected chi connectivity index (χ4v) is 2.85. The number of alkyl halides is 2. The summed E-state index contributed by atoms with van der Waals surface area (Å²) in [4.78, 5) is 27.2. The largest absolute Gasteiger partial charge is 0.353 e. The number of aryl methyl sites for hydroxylation is 1. The van der Waals surface area contributed by atoms with Crippen molar-refractivity contribution in [1.29, 1.82) is 0 Å². The van der Waals surface area contributed by atoms with Crippen LogP contribution in [0.2, 0.25) is 0 Å². The number of halogens is 2. The molecule has 0 saturated carbocycles. The van der Waals surface area contributed by atoms with Crippen molar-refractivity contribution in [3.8, 4) is 0 Å². The van der Waals surface area contributed by atoms with Crippen molar-refractivity contribution in [2.45, 2.75) is 45.0 Å². The van der Waals surface area contributed by atoms with Crippen molar-refractivity contribution < 1.29 is 9.59 Å². The van der Waals surface area contributed by atoms with Gasteiger partial charge in [0.2, 0.25) is 5.91 Å². The number of unbranched alkanes of at least 4 members (excludes halogenated alkanes) is 1. The maximum absolute atomic E-state index is 12.9. The average molecular weight is 390 g/mol. The summed E-state index contributed by atoms with van der Waals surface area (Å²) in [6.07, 6.45) is 3.68. The third-order valence-electron chi connectivity index (χ3n) is 3.95. The average Bonchev–Trinajstić information content (AvgIpc) is 2.94. The van der Waals surface area contributed by atoms with Crippen molar-refractivity contribution in [3.63, 3.8) is 0 Å². The molecule has 1 heterocycles. The van der Waals surface area contributed by atoms with E-state index in [-0.39, 0.29) is 12.5 Å². The first kappa shape index (κ1) is 21.8. The summed E-state index contributed by atoms with van der Waals surface area (Å²) in [5.74, 6) is -0.167. The Labute approximate surface area is 160 Å². The molecule has 0 N–H and O–H groups in total. The van der Waals surface area contributed by atoms with Crippen LogP contribution in [0, 0.1) is 5.92 Å². The SMILES string of the molecule is CCCCN(CC(=O)N(Cc1cccn1C)CC(C)C)C(=O)C(Cl)Cl. The Hall–Kier alpha value is -1.20. The maximum Gasteiger partial charge on any atom is 0.256 e. The van der Waals surface area contributed by atoms with E-state index < -0.39 is 10.7 Å². The van der Waals surface area contributed by atoms with E-state index in [0.29, 0.717) is 25.6 Å². The molecule has 7 heteroatoms. The number of amides is 2. The van der Waals surface area contributed by atoms with Gasteiger partial charge in [-0.1, -0.05) is 50.4 Å². The molecule has 0 spiro atoms. The summed E-state index contributed by atoms with van der Waals surface area (Å²) in [6, 6.07) is 3.95. The van der Waals surface area contributed by atoms with Crippen LogP contribution in [0.3, 0.4) is 0 Å². The van der Waals surface area contributed by atoms with Crippen molar-refractivity contribution in [1.82, 2.24) is 14.4 Å². The lowest BCUT2D eigenvalue weighted by molar-refractivity contribution is -0.140. The van der Waals surface area contributed by atoms with Gasteiger partial charge in [-0.3, -0.25) is 9.59 Å². The molecule has 0 unspecified atom stereocenters. The van der Waals surface area contributed by atoms with Gasteiger partial charge in [0.05, 0.1) is 13.1 Å². The van der Waals surface area contributed by atoms with E-state index in [0.717, 1.165) is 18.5 Å². The van der Waals surface area contributed by atoms with Gasteiger partial charge in [0.1, 0.15) is 0 Å². The Balaban J connectivity index is 2.86. The number of rotatable bonds is 10. The highest BCUT2D eigenvalue weighted by atomic mass is 35.5. The van der Waals surface area contributed by atoms with E-state index in [1.54, 1.807) is 4.90 Å². The van der Waals surface area contributed by atoms with Crippen molar-refractivity contribution in [2.75, 3.05) is 19.6 Å². The number of carbonyl (C=O) groups excluding carboxylic acids is 2. The zero-order chi connectivity index (χ0) is 19.0. The van der Waals surface area contributed by atoms with Crippen molar-refractivity contribution in [3.05, 3.63) is 24.0 Å². The second kappa shape index (κ2) is 10.7. The molecule has 1 rings (SSSR count). The molecule has 1 aromatic rings. The second-order valence-electron chi connectivity index (χ2n) is 6.69. The molecule has 0 fully saturated rings. The number of hydrogen-bond acceptors (Lipinski definition) is 2. The highest BCUT2D eigenvalue weighted by molar-refractivity contribution is 6.53. The molecular formula is C18H29Cl2N3O2. The summed E-state index contributed by atoms with van der Waals surface area (Å²) < 4.78 is 1.99. The van der Waals surface area contributed by atoms with Gasteiger partial charge in [-0.05, 0) is 24.5 Å². The van der Waals surface area contributed by atoms with E-state index in [1.807, 2.05) is 36.9 Å². The van der Waals surface area contributed by atoms with Gasteiger partial charge in [-0.15, -0.1) is 0 Å². The van der Waals surface area contributed by atoms with Gasteiger partial charge >= 0.3 is 0 Å². The van der Waals surface area contributed by atoms with Crippen LogP contribution in [0.25, 0.3) is 0 Å². The Morgan fingerprint density at radius 1 is 1.24 bits per heavy atom. The van der Waals surface area contributed by atoms with Gasteiger partial charge in [-0.25, -0.2) is 0 Å². The molecule has 0 saturated heterocycles. The molecule has 5 nitrogen and oxygen atoms in total. The lowest BCUT2D eigenvalue weighted by Crippen LogP contribution is -2.45. The predicted molar refractivity (Wildman–Crippen MR) is 103 cm³/mol. The normalized spacial score (nSPS) is 11.2. The van der Waals surface area contributed by atoms with Crippen molar-refractivity contribution >= 4 is 35.0 Å². The Kier molecular flexibility index (Phi) is 9.36. The standard InChI is InChI=1S/C18H29Cl2N3O2/c1-5-6-10-22(18(25)17(19)20)13-16(24)23(11-14(2)3)12-15-8-7-9-21(15)4/h7-9,14,17H,5-6,10-13H2,1-4H3. The maximum atomic E-state index is 12.9. The zero-order valence-electron chi connectivity index (χ0n) is 15.5. The van der Waals surface area contributed by atoms with Gasteiger partial charge in [0.25, 0.3) is 5.91 Å². The first-order valence-electron chi connectivity index (χ1n) is 8.71. The number of aromatic nitrogens is 1. The third kappa shape index (κ3) is 7.28. The minimum absolute atomic E-state index is 0.00587. The van der Waals surface area contributed by atoms with Gasteiger partial charge in [-0.2, -0.15) is 0 Å². The van der Waals surface area contributed by atoms with Crippen LogP contribution in [-0.4, -0.2) is 50.7 Å². The molecule has 25 heavy (non-hydrogen) atoms. The second-order valence-corrected chi connectivity index (χ2v) is 7.79. The third-order valence-corrected chi connectivity index (χ3v) is 4.32. The van der Waals surface area contributed by atoms with E-state index in [4.69, 9.17) is 23.2 Å². The van der Waals surface area contributed by atoms with Crippen LogP contribution < -0.4 is 0 Å². The van der Waals surface area contributed by atoms with E-state index in [9.17, 15) is 9.59 Å². The van der Waals surface area contributed by atoms with Crippen LogP contribution in [0.4, 0.5) is 0 Å². The molecule has 0 aliphatic heterocycles. The van der Waals surface area contributed by atoms with Gasteiger partial charge in [0, 0.05) is 32.0 Å². The summed E-state index contributed by atoms with van der Waals surface area (Å²) >= 11 is 11.5. The van der Waals surface area contributed by atoms with Gasteiger partial charge < -0.3 is 14.4 Å². The smallest absolute Gasteiger partial charge is 0.256 e. The topological polar surface area (TPSA) is 45.6 Å². The monoisotopic (exact) mass is 389 g/mol. The first-order chi connectivity index (χ1) is 11.8. The molecule has 0 radical (unpaired) electrons. The Bertz CT molecular complexity index is 558. The molecule has 0 aromatic carbocycles. The first-order valence-corrected chi connectivity index (χ1v) is 9.58. The lowest BCUT2D eigenvalue weighted by Gasteiger charge is -2.29. The zero-order valence-corrected chi connectivity index (χ0v) is 17.1.